The topological polar surface area (TPSA) is 77.7 Å². The predicted molar refractivity (Wildman–Crippen MR) is 98.6 cm³/mol. The summed E-state index contributed by atoms with van der Waals surface area (Å²) in [7, 11) is 1.45. The molecule has 0 aliphatic carbocycles. The molecule has 1 aromatic heterocycles. The van der Waals surface area contributed by atoms with Crippen LogP contribution in [0.3, 0.4) is 0 Å². The molecule has 2 heterocycles. The van der Waals surface area contributed by atoms with Gasteiger partial charge in [0.15, 0.2) is 11.5 Å². The SMILES string of the molecule is COc1cc(-c2cccnc2F)c([N+](=O)[O-])cc1OCCCN1CCCC1. The van der Waals surface area contributed by atoms with Crippen molar-refractivity contribution in [2.45, 2.75) is 19.3 Å². The maximum Gasteiger partial charge on any atom is 0.281 e. The van der Waals surface area contributed by atoms with Crippen molar-refractivity contribution in [3.8, 4) is 22.6 Å². The zero-order valence-corrected chi connectivity index (χ0v) is 15.2. The van der Waals surface area contributed by atoms with Crippen molar-refractivity contribution in [1.82, 2.24) is 9.88 Å². The first-order valence-corrected chi connectivity index (χ1v) is 8.92. The van der Waals surface area contributed by atoms with Crippen molar-refractivity contribution in [1.29, 1.82) is 0 Å². The fraction of sp³-hybridized carbons (Fsp3) is 0.421. The van der Waals surface area contributed by atoms with Crippen LogP contribution < -0.4 is 9.47 Å². The summed E-state index contributed by atoms with van der Waals surface area (Å²) in [4.78, 5) is 16.9. The second-order valence-corrected chi connectivity index (χ2v) is 6.37. The van der Waals surface area contributed by atoms with Crippen molar-refractivity contribution in [2.24, 2.45) is 0 Å². The van der Waals surface area contributed by atoms with Crippen molar-refractivity contribution < 1.29 is 18.8 Å². The molecule has 0 spiro atoms. The third-order valence-electron chi connectivity index (χ3n) is 4.60. The van der Waals surface area contributed by atoms with Crippen LogP contribution in [-0.2, 0) is 0 Å². The van der Waals surface area contributed by atoms with Gasteiger partial charge in [0.2, 0.25) is 5.95 Å². The van der Waals surface area contributed by atoms with E-state index in [1.165, 1.54) is 50.4 Å². The molecule has 1 aliphatic heterocycles. The van der Waals surface area contributed by atoms with Gasteiger partial charge in [-0.1, -0.05) is 0 Å². The summed E-state index contributed by atoms with van der Waals surface area (Å²) in [5.41, 5.74) is -0.104. The van der Waals surface area contributed by atoms with E-state index in [4.69, 9.17) is 9.47 Å². The lowest BCUT2D eigenvalue weighted by molar-refractivity contribution is -0.384. The highest BCUT2D eigenvalue weighted by atomic mass is 19.1. The normalized spacial score (nSPS) is 14.3. The fourth-order valence-electron chi connectivity index (χ4n) is 3.25. The van der Waals surface area contributed by atoms with E-state index in [-0.39, 0.29) is 22.6 Å². The van der Waals surface area contributed by atoms with E-state index in [9.17, 15) is 14.5 Å². The molecule has 1 saturated heterocycles. The largest absolute Gasteiger partial charge is 0.493 e. The fourth-order valence-corrected chi connectivity index (χ4v) is 3.25. The monoisotopic (exact) mass is 375 g/mol. The van der Waals surface area contributed by atoms with Crippen LogP contribution in [0.2, 0.25) is 0 Å². The van der Waals surface area contributed by atoms with Gasteiger partial charge >= 0.3 is 0 Å². The van der Waals surface area contributed by atoms with Crippen LogP contribution in [0.1, 0.15) is 19.3 Å². The second-order valence-electron chi connectivity index (χ2n) is 6.37. The number of nitrogens with zero attached hydrogens (tertiary/aromatic N) is 3. The van der Waals surface area contributed by atoms with Crippen LogP contribution in [0.25, 0.3) is 11.1 Å². The minimum absolute atomic E-state index is 0.0445. The first-order valence-electron chi connectivity index (χ1n) is 8.92. The summed E-state index contributed by atoms with van der Waals surface area (Å²) in [5.74, 6) is -0.180. The van der Waals surface area contributed by atoms with E-state index < -0.39 is 10.9 Å². The average molecular weight is 375 g/mol. The van der Waals surface area contributed by atoms with Crippen LogP contribution in [0.4, 0.5) is 10.1 Å². The number of likely N-dealkylation sites (tertiary alicyclic amines) is 1. The summed E-state index contributed by atoms with van der Waals surface area (Å²) >= 11 is 0. The highest BCUT2D eigenvalue weighted by molar-refractivity contribution is 5.77. The maximum absolute atomic E-state index is 14.0. The number of hydrogen-bond acceptors (Lipinski definition) is 6. The molecule has 144 valence electrons. The minimum atomic E-state index is -0.776. The highest BCUT2D eigenvalue weighted by Gasteiger charge is 2.23. The van der Waals surface area contributed by atoms with Gasteiger partial charge in [0.25, 0.3) is 5.69 Å². The van der Waals surface area contributed by atoms with Gasteiger partial charge in [-0.2, -0.15) is 4.39 Å². The van der Waals surface area contributed by atoms with E-state index in [2.05, 4.69) is 9.88 Å². The first kappa shape index (κ1) is 19.0. The lowest BCUT2D eigenvalue weighted by Gasteiger charge is -2.16. The summed E-state index contributed by atoms with van der Waals surface area (Å²) in [6.07, 6.45) is 4.57. The number of hydrogen-bond donors (Lipinski definition) is 0. The number of halogens is 1. The van der Waals surface area contributed by atoms with E-state index >= 15 is 0 Å². The minimum Gasteiger partial charge on any atom is -0.493 e. The predicted octanol–water partition coefficient (Wildman–Crippen LogP) is 3.67. The van der Waals surface area contributed by atoms with Crippen LogP contribution in [0.15, 0.2) is 30.5 Å². The van der Waals surface area contributed by atoms with Gasteiger partial charge in [-0.3, -0.25) is 10.1 Å². The molecule has 0 saturated carbocycles. The molecule has 27 heavy (non-hydrogen) atoms. The molecule has 1 fully saturated rings. The van der Waals surface area contributed by atoms with E-state index in [0.29, 0.717) is 12.4 Å². The smallest absolute Gasteiger partial charge is 0.281 e. The Hall–Kier alpha value is -2.74. The molecule has 0 bridgehead atoms. The highest BCUT2D eigenvalue weighted by Crippen LogP contribution is 2.40. The van der Waals surface area contributed by atoms with Crippen molar-refractivity contribution in [3.05, 3.63) is 46.5 Å². The number of benzene rings is 1. The van der Waals surface area contributed by atoms with Gasteiger partial charge in [0.1, 0.15) is 0 Å². The van der Waals surface area contributed by atoms with Crippen molar-refractivity contribution >= 4 is 5.69 Å². The number of ether oxygens (including phenoxy) is 2. The Morgan fingerprint density at radius 1 is 1.26 bits per heavy atom. The summed E-state index contributed by atoms with van der Waals surface area (Å²) < 4.78 is 25.1. The molecule has 1 aromatic carbocycles. The van der Waals surface area contributed by atoms with Crippen LogP contribution in [0, 0.1) is 16.1 Å². The first-order chi connectivity index (χ1) is 13.1. The van der Waals surface area contributed by atoms with Gasteiger partial charge in [-0.15, -0.1) is 0 Å². The molecular weight excluding hydrogens is 353 g/mol. The molecule has 0 atom stereocenters. The summed E-state index contributed by atoms with van der Waals surface area (Å²) in [5, 5.41) is 11.5. The number of aromatic nitrogens is 1. The number of pyridine rings is 1. The third kappa shape index (κ3) is 4.51. The molecule has 3 rings (SSSR count). The molecule has 2 aromatic rings. The van der Waals surface area contributed by atoms with E-state index in [0.717, 1.165) is 26.1 Å². The molecular formula is C19H22FN3O4. The Bertz CT molecular complexity index is 810. The Kier molecular flexibility index (Phi) is 6.18. The molecule has 0 amide bonds. The number of rotatable bonds is 8. The summed E-state index contributed by atoms with van der Waals surface area (Å²) in [6.45, 7) is 3.58. The van der Waals surface area contributed by atoms with Crippen molar-refractivity contribution in [2.75, 3.05) is 33.4 Å². The average Bonchev–Trinajstić information content (AvgIpc) is 3.18. The lowest BCUT2D eigenvalue weighted by Crippen LogP contribution is -2.21. The molecule has 8 heteroatoms. The molecule has 1 aliphatic rings. The van der Waals surface area contributed by atoms with Gasteiger partial charge in [-0.05, 0) is 50.6 Å². The Balaban J connectivity index is 1.81. The van der Waals surface area contributed by atoms with Crippen molar-refractivity contribution in [3.63, 3.8) is 0 Å². The zero-order chi connectivity index (χ0) is 19.2. The Morgan fingerprint density at radius 2 is 2.04 bits per heavy atom. The number of methoxy groups -OCH3 is 1. The third-order valence-corrected chi connectivity index (χ3v) is 4.60. The van der Waals surface area contributed by atoms with E-state index in [1.807, 2.05) is 0 Å². The molecule has 0 radical (unpaired) electrons. The zero-order valence-electron chi connectivity index (χ0n) is 15.2. The standard InChI is InChI=1S/C19H22FN3O4/c1-26-17-12-15(14-6-4-7-21-19(14)20)16(23(24)25)13-18(17)27-11-5-10-22-8-2-3-9-22/h4,6-7,12-13H,2-3,5,8-11H2,1H3. The van der Waals surface area contributed by atoms with Gasteiger partial charge in [0.05, 0.1) is 30.3 Å². The maximum atomic E-state index is 14.0. The van der Waals surface area contributed by atoms with Crippen LogP contribution >= 0.6 is 0 Å². The number of nitro benzene ring substituents is 1. The quantitative estimate of drug-likeness (QED) is 0.303. The summed E-state index contributed by atoms with van der Waals surface area (Å²) in [6, 6.07) is 5.68. The number of nitro groups is 1. The molecule has 7 nitrogen and oxygen atoms in total. The Morgan fingerprint density at radius 3 is 2.70 bits per heavy atom. The van der Waals surface area contributed by atoms with Crippen LogP contribution in [0.5, 0.6) is 11.5 Å². The van der Waals surface area contributed by atoms with Gasteiger partial charge < -0.3 is 14.4 Å². The Labute approximate surface area is 156 Å². The second kappa shape index (κ2) is 8.77. The van der Waals surface area contributed by atoms with Gasteiger partial charge in [-0.25, -0.2) is 4.98 Å². The lowest BCUT2D eigenvalue weighted by atomic mass is 10.0. The molecule has 0 unspecified atom stereocenters. The van der Waals surface area contributed by atoms with Crippen LogP contribution in [-0.4, -0.2) is 48.2 Å². The van der Waals surface area contributed by atoms with E-state index in [1.54, 1.807) is 0 Å². The molecule has 0 N–H and O–H groups in total. The van der Waals surface area contributed by atoms with Gasteiger partial charge in [0, 0.05) is 18.3 Å².